The van der Waals surface area contributed by atoms with Crippen molar-refractivity contribution in [2.75, 3.05) is 0 Å². The molecule has 0 bridgehead atoms. The Hall–Kier alpha value is -0.0700. The van der Waals surface area contributed by atoms with E-state index < -0.39 is 34.6 Å². The zero-order valence-electron chi connectivity index (χ0n) is 6.83. The number of halogens is 6. The highest BCUT2D eigenvalue weighted by molar-refractivity contribution is 8.00. The Kier molecular flexibility index (Phi) is 3.96. The molecule has 13 heavy (non-hydrogen) atoms. The molecular weight excluding hydrogens is 218 g/mol. The molecule has 0 heterocycles. The highest BCUT2D eigenvalue weighted by atomic mass is 32.2. The van der Waals surface area contributed by atoms with Crippen molar-refractivity contribution < 1.29 is 26.3 Å². The van der Waals surface area contributed by atoms with Gasteiger partial charge in [-0.2, -0.15) is 0 Å². The van der Waals surface area contributed by atoms with Crippen molar-refractivity contribution in [1.29, 1.82) is 0 Å². The van der Waals surface area contributed by atoms with Gasteiger partial charge in [0.1, 0.15) is 0 Å². The molecule has 0 aromatic heterocycles. The minimum atomic E-state index is -3.82. The summed E-state index contributed by atoms with van der Waals surface area (Å²) in [5.41, 5.74) is -5.93. The third kappa shape index (κ3) is 4.64. The average Bonchev–Trinajstić information content (AvgIpc) is 1.82. The normalized spacial score (nSPS) is 18.5. The van der Waals surface area contributed by atoms with E-state index in [0.29, 0.717) is 0 Å². The molecule has 0 rings (SSSR count). The number of rotatable bonds is 4. The van der Waals surface area contributed by atoms with Gasteiger partial charge in [0.15, 0.2) is 0 Å². The van der Waals surface area contributed by atoms with E-state index in [1.54, 1.807) is 0 Å². The van der Waals surface area contributed by atoms with Gasteiger partial charge in [-0.1, -0.05) is 11.8 Å². The molecule has 0 nitrogen and oxygen atoms in total. The summed E-state index contributed by atoms with van der Waals surface area (Å²) < 4.78 is 72.9. The van der Waals surface area contributed by atoms with E-state index in [1.165, 1.54) is 0 Å². The number of alkyl halides is 6. The third-order valence-corrected chi connectivity index (χ3v) is 2.34. The summed E-state index contributed by atoms with van der Waals surface area (Å²) in [4.78, 5) is 0. The van der Waals surface area contributed by atoms with Gasteiger partial charge in [-0.05, 0) is 0 Å². The molecule has 0 aromatic carbocycles. The van der Waals surface area contributed by atoms with E-state index >= 15 is 0 Å². The van der Waals surface area contributed by atoms with E-state index in [4.69, 9.17) is 0 Å². The lowest BCUT2D eigenvalue weighted by Gasteiger charge is -2.20. The molecular formula is C6H8F6S. The Bertz CT molecular complexity index is 141. The standard InChI is InChI=1S/C6H8F6S/c1-5(9,10)3(7)13-4(8)6(2,11)12/h3-4H,1-2H3. The molecule has 0 aliphatic heterocycles. The van der Waals surface area contributed by atoms with Crippen LogP contribution in [0.15, 0.2) is 0 Å². The Balaban J connectivity index is 4.15. The molecule has 80 valence electrons. The first-order chi connectivity index (χ1) is 5.55. The van der Waals surface area contributed by atoms with Crippen LogP contribution in [0.1, 0.15) is 13.8 Å². The topological polar surface area (TPSA) is 0 Å². The maximum atomic E-state index is 12.3. The van der Waals surface area contributed by atoms with Crippen molar-refractivity contribution in [3.63, 3.8) is 0 Å². The fourth-order valence-electron chi connectivity index (χ4n) is 0.344. The fraction of sp³-hybridized carbons (Fsp3) is 1.00. The van der Waals surface area contributed by atoms with Crippen LogP contribution < -0.4 is 0 Å². The van der Waals surface area contributed by atoms with Crippen LogP contribution in [0, 0.1) is 0 Å². The van der Waals surface area contributed by atoms with Crippen molar-refractivity contribution in [2.45, 2.75) is 36.7 Å². The second kappa shape index (κ2) is 3.98. The molecule has 0 aromatic rings. The SMILES string of the molecule is CC(F)(F)C(F)SC(F)C(C)(F)F. The second-order valence-electron chi connectivity index (χ2n) is 2.68. The van der Waals surface area contributed by atoms with Crippen LogP contribution in [0.4, 0.5) is 26.3 Å². The van der Waals surface area contributed by atoms with Crippen LogP contribution in [0.25, 0.3) is 0 Å². The summed E-state index contributed by atoms with van der Waals surface area (Å²) in [6.07, 6.45) is 0. The molecule has 0 radical (unpaired) electrons. The molecule has 0 spiro atoms. The van der Waals surface area contributed by atoms with Gasteiger partial charge in [0.25, 0.3) is 11.8 Å². The first-order valence-corrected chi connectivity index (χ1v) is 4.18. The predicted molar refractivity (Wildman–Crippen MR) is 38.6 cm³/mol. The second-order valence-corrected chi connectivity index (χ2v) is 3.78. The minimum Gasteiger partial charge on any atom is -0.229 e. The molecule has 0 fully saturated rings. The largest absolute Gasteiger partial charge is 0.285 e. The zero-order valence-corrected chi connectivity index (χ0v) is 7.65. The first kappa shape index (κ1) is 12.9. The summed E-state index contributed by atoms with van der Waals surface area (Å²) in [6.45, 7) is 0.399. The van der Waals surface area contributed by atoms with Crippen LogP contribution in [0.3, 0.4) is 0 Å². The molecule has 2 unspecified atom stereocenters. The van der Waals surface area contributed by atoms with Crippen LogP contribution in [0.2, 0.25) is 0 Å². The van der Waals surface area contributed by atoms with E-state index in [1.807, 2.05) is 0 Å². The van der Waals surface area contributed by atoms with E-state index in [9.17, 15) is 26.3 Å². The quantitative estimate of drug-likeness (QED) is 0.660. The third-order valence-electron chi connectivity index (χ3n) is 1.04. The summed E-state index contributed by atoms with van der Waals surface area (Å²) >= 11 is -0.720. The van der Waals surface area contributed by atoms with Gasteiger partial charge in [0.2, 0.25) is 11.0 Å². The van der Waals surface area contributed by atoms with Gasteiger partial charge in [-0.3, -0.25) is 0 Å². The summed E-state index contributed by atoms with van der Waals surface area (Å²) in [5.74, 6) is -7.64. The van der Waals surface area contributed by atoms with E-state index in [0.717, 1.165) is 0 Å². The molecule has 7 heteroatoms. The lowest BCUT2D eigenvalue weighted by atomic mass is 10.4. The lowest BCUT2D eigenvalue weighted by molar-refractivity contribution is -0.0309. The zero-order chi connectivity index (χ0) is 10.9. The lowest BCUT2D eigenvalue weighted by Crippen LogP contribution is -2.30. The van der Waals surface area contributed by atoms with Crippen molar-refractivity contribution in [3.8, 4) is 0 Å². The molecule has 0 aliphatic rings. The van der Waals surface area contributed by atoms with Crippen LogP contribution in [0.5, 0.6) is 0 Å². The number of hydrogen-bond acceptors (Lipinski definition) is 1. The predicted octanol–water partition coefficient (Wildman–Crippen LogP) is 3.62. The molecule has 2 atom stereocenters. The van der Waals surface area contributed by atoms with Crippen molar-refractivity contribution >= 4 is 11.8 Å². The van der Waals surface area contributed by atoms with Gasteiger partial charge in [0.05, 0.1) is 0 Å². The van der Waals surface area contributed by atoms with E-state index in [2.05, 4.69) is 0 Å². The average molecular weight is 226 g/mol. The smallest absolute Gasteiger partial charge is 0.229 e. The Morgan fingerprint density at radius 3 is 1.23 bits per heavy atom. The maximum Gasteiger partial charge on any atom is 0.285 e. The molecule has 0 aliphatic carbocycles. The summed E-state index contributed by atoms with van der Waals surface area (Å²) in [6, 6.07) is 0. The molecule has 0 saturated heterocycles. The van der Waals surface area contributed by atoms with Crippen molar-refractivity contribution in [2.24, 2.45) is 0 Å². The molecule has 0 N–H and O–H groups in total. The van der Waals surface area contributed by atoms with Crippen LogP contribution in [-0.4, -0.2) is 22.9 Å². The van der Waals surface area contributed by atoms with Gasteiger partial charge >= 0.3 is 0 Å². The van der Waals surface area contributed by atoms with E-state index in [-0.39, 0.29) is 13.8 Å². The minimum absolute atomic E-state index is 0.200. The van der Waals surface area contributed by atoms with Gasteiger partial charge in [0, 0.05) is 13.8 Å². The summed E-state index contributed by atoms with van der Waals surface area (Å²) in [5, 5.41) is 0. The molecule has 0 saturated carbocycles. The Morgan fingerprint density at radius 2 is 1.08 bits per heavy atom. The first-order valence-electron chi connectivity index (χ1n) is 3.24. The summed E-state index contributed by atoms with van der Waals surface area (Å²) in [7, 11) is 0. The highest BCUT2D eigenvalue weighted by Gasteiger charge is 2.43. The van der Waals surface area contributed by atoms with Gasteiger partial charge in [-0.15, -0.1) is 0 Å². The van der Waals surface area contributed by atoms with Gasteiger partial charge < -0.3 is 0 Å². The van der Waals surface area contributed by atoms with Gasteiger partial charge in [-0.25, -0.2) is 26.3 Å². The maximum absolute atomic E-state index is 12.3. The Labute approximate surface area is 75.7 Å². The highest BCUT2D eigenvalue weighted by Crippen LogP contribution is 2.38. The van der Waals surface area contributed by atoms with Crippen molar-refractivity contribution in [1.82, 2.24) is 0 Å². The van der Waals surface area contributed by atoms with Crippen LogP contribution >= 0.6 is 11.8 Å². The number of hydrogen-bond donors (Lipinski definition) is 0. The molecule has 0 amide bonds. The van der Waals surface area contributed by atoms with Crippen molar-refractivity contribution in [3.05, 3.63) is 0 Å². The van der Waals surface area contributed by atoms with Crippen LogP contribution in [-0.2, 0) is 0 Å². The number of thioether (sulfide) groups is 1. The fourth-order valence-corrected chi connectivity index (χ4v) is 1.03. The monoisotopic (exact) mass is 226 g/mol. The Morgan fingerprint density at radius 1 is 0.846 bits per heavy atom.